The Kier molecular flexibility index (Phi) is 4.57. The first-order chi connectivity index (χ1) is 11.5. The van der Waals surface area contributed by atoms with Gasteiger partial charge in [-0.15, -0.1) is 0 Å². The quantitative estimate of drug-likeness (QED) is 0.681. The SMILES string of the molecule is Cc1cc(Nc2ccc(F)cc2F)nc(Nc2ccc(Cl)cc2)n1. The second kappa shape index (κ2) is 6.80. The van der Waals surface area contributed by atoms with Crippen molar-refractivity contribution in [2.45, 2.75) is 6.92 Å². The van der Waals surface area contributed by atoms with Gasteiger partial charge in [-0.2, -0.15) is 4.98 Å². The van der Waals surface area contributed by atoms with Gasteiger partial charge in [0.05, 0.1) is 5.69 Å². The summed E-state index contributed by atoms with van der Waals surface area (Å²) in [6, 6.07) is 12.0. The average Bonchev–Trinajstić information content (AvgIpc) is 2.52. The van der Waals surface area contributed by atoms with Crippen molar-refractivity contribution in [3.63, 3.8) is 0 Å². The maximum Gasteiger partial charge on any atom is 0.229 e. The number of rotatable bonds is 4. The molecule has 0 aliphatic heterocycles. The molecule has 0 radical (unpaired) electrons. The first-order valence-electron chi connectivity index (χ1n) is 7.10. The molecule has 0 spiro atoms. The molecule has 0 amide bonds. The summed E-state index contributed by atoms with van der Waals surface area (Å²) in [5, 5.41) is 6.49. The number of aryl methyl sites for hydroxylation is 1. The standard InChI is InChI=1S/C17H13ClF2N4/c1-10-8-16(23-15-7-4-12(19)9-14(15)20)24-17(21-10)22-13-5-2-11(18)3-6-13/h2-9H,1H3,(H2,21,22,23,24). The first kappa shape index (κ1) is 16.1. The highest BCUT2D eigenvalue weighted by Crippen LogP contribution is 2.22. The number of nitrogens with zero attached hydrogens (tertiary/aromatic N) is 2. The maximum atomic E-state index is 13.7. The van der Waals surface area contributed by atoms with Gasteiger partial charge in [0.15, 0.2) is 0 Å². The van der Waals surface area contributed by atoms with E-state index in [9.17, 15) is 8.78 Å². The fraction of sp³-hybridized carbons (Fsp3) is 0.0588. The van der Waals surface area contributed by atoms with Crippen LogP contribution in [0.1, 0.15) is 5.69 Å². The zero-order valence-electron chi connectivity index (χ0n) is 12.6. The van der Waals surface area contributed by atoms with Crippen LogP contribution in [0, 0.1) is 18.6 Å². The highest BCUT2D eigenvalue weighted by Gasteiger charge is 2.07. The van der Waals surface area contributed by atoms with Crippen molar-refractivity contribution in [2.24, 2.45) is 0 Å². The van der Waals surface area contributed by atoms with Gasteiger partial charge in [0.25, 0.3) is 0 Å². The Morgan fingerprint density at radius 3 is 2.38 bits per heavy atom. The molecule has 7 heteroatoms. The lowest BCUT2D eigenvalue weighted by atomic mass is 10.3. The number of anilines is 4. The van der Waals surface area contributed by atoms with Crippen molar-refractivity contribution < 1.29 is 8.78 Å². The summed E-state index contributed by atoms with van der Waals surface area (Å²) in [6.45, 7) is 1.79. The smallest absolute Gasteiger partial charge is 0.229 e. The molecule has 0 fully saturated rings. The monoisotopic (exact) mass is 346 g/mol. The first-order valence-corrected chi connectivity index (χ1v) is 7.48. The lowest BCUT2D eigenvalue weighted by Gasteiger charge is -2.10. The lowest BCUT2D eigenvalue weighted by molar-refractivity contribution is 0.586. The summed E-state index contributed by atoms with van der Waals surface area (Å²) in [7, 11) is 0. The summed E-state index contributed by atoms with van der Waals surface area (Å²) in [6.07, 6.45) is 0. The van der Waals surface area contributed by atoms with Crippen LogP contribution in [-0.4, -0.2) is 9.97 Å². The van der Waals surface area contributed by atoms with E-state index >= 15 is 0 Å². The van der Waals surface area contributed by atoms with E-state index in [1.54, 1.807) is 37.3 Å². The molecule has 2 aromatic carbocycles. The largest absolute Gasteiger partial charge is 0.338 e. The molecule has 0 saturated heterocycles. The summed E-state index contributed by atoms with van der Waals surface area (Å²) >= 11 is 5.85. The molecule has 0 unspecified atom stereocenters. The van der Waals surface area contributed by atoms with Crippen molar-refractivity contribution in [1.29, 1.82) is 0 Å². The van der Waals surface area contributed by atoms with Crippen LogP contribution in [0.3, 0.4) is 0 Å². The van der Waals surface area contributed by atoms with Crippen LogP contribution in [0.5, 0.6) is 0 Å². The van der Waals surface area contributed by atoms with E-state index < -0.39 is 11.6 Å². The number of nitrogens with one attached hydrogen (secondary N) is 2. The van der Waals surface area contributed by atoms with E-state index in [-0.39, 0.29) is 5.69 Å². The van der Waals surface area contributed by atoms with Crippen molar-refractivity contribution in [1.82, 2.24) is 9.97 Å². The Labute approximate surface area is 142 Å². The maximum absolute atomic E-state index is 13.7. The van der Waals surface area contributed by atoms with Crippen molar-refractivity contribution >= 4 is 34.7 Å². The van der Waals surface area contributed by atoms with Crippen molar-refractivity contribution in [3.8, 4) is 0 Å². The van der Waals surface area contributed by atoms with E-state index in [4.69, 9.17) is 11.6 Å². The number of halogens is 3. The third-order valence-electron chi connectivity index (χ3n) is 3.15. The van der Waals surface area contributed by atoms with Crippen LogP contribution in [0.2, 0.25) is 5.02 Å². The molecule has 3 rings (SSSR count). The number of hydrogen-bond donors (Lipinski definition) is 2. The van der Waals surface area contributed by atoms with Crippen molar-refractivity contribution in [2.75, 3.05) is 10.6 Å². The van der Waals surface area contributed by atoms with Gasteiger partial charge in [-0.25, -0.2) is 13.8 Å². The summed E-state index contributed by atoms with van der Waals surface area (Å²) in [5.74, 6) is -0.590. The third kappa shape index (κ3) is 3.97. The van der Waals surface area contributed by atoms with Crippen LogP contribution < -0.4 is 10.6 Å². The molecule has 1 aromatic heterocycles. The van der Waals surface area contributed by atoms with Crippen molar-refractivity contribution in [3.05, 3.63) is 70.9 Å². The highest BCUT2D eigenvalue weighted by atomic mass is 35.5. The number of aromatic nitrogens is 2. The van der Waals surface area contributed by atoms with Crippen LogP contribution in [0.15, 0.2) is 48.5 Å². The zero-order chi connectivity index (χ0) is 17.1. The number of benzene rings is 2. The molecule has 4 nitrogen and oxygen atoms in total. The van der Waals surface area contributed by atoms with E-state index in [0.717, 1.165) is 11.8 Å². The average molecular weight is 347 g/mol. The molecular formula is C17H13ClF2N4. The normalized spacial score (nSPS) is 10.5. The molecule has 24 heavy (non-hydrogen) atoms. The molecule has 1 heterocycles. The number of hydrogen-bond acceptors (Lipinski definition) is 4. The Hall–Kier alpha value is -2.73. The topological polar surface area (TPSA) is 49.8 Å². The fourth-order valence-corrected chi connectivity index (χ4v) is 2.21. The minimum absolute atomic E-state index is 0.131. The van der Waals surface area contributed by atoms with E-state index in [0.29, 0.717) is 22.5 Å². The predicted molar refractivity (Wildman–Crippen MR) is 91.1 cm³/mol. The molecule has 2 N–H and O–H groups in total. The van der Waals surface area contributed by atoms with Crippen LogP contribution >= 0.6 is 11.6 Å². The van der Waals surface area contributed by atoms with Gasteiger partial charge >= 0.3 is 0 Å². The van der Waals surface area contributed by atoms with E-state index in [1.165, 1.54) is 12.1 Å². The second-order valence-corrected chi connectivity index (χ2v) is 5.54. The van der Waals surface area contributed by atoms with Gasteiger partial charge in [-0.05, 0) is 43.3 Å². The van der Waals surface area contributed by atoms with Gasteiger partial charge in [0, 0.05) is 28.5 Å². The Morgan fingerprint density at radius 2 is 1.67 bits per heavy atom. The molecule has 0 saturated carbocycles. The minimum atomic E-state index is -0.696. The van der Waals surface area contributed by atoms with Crippen LogP contribution in [0.25, 0.3) is 0 Å². The Balaban J connectivity index is 1.84. The Bertz CT molecular complexity index is 869. The summed E-state index contributed by atoms with van der Waals surface area (Å²) < 4.78 is 26.7. The van der Waals surface area contributed by atoms with Gasteiger partial charge in [-0.1, -0.05) is 11.6 Å². The molecule has 0 atom stereocenters. The molecule has 122 valence electrons. The van der Waals surface area contributed by atoms with Gasteiger partial charge in [0.1, 0.15) is 17.5 Å². The van der Waals surface area contributed by atoms with Gasteiger partial charge < -0.3 is 10.6 Å². The summed E-state index contributed by atoms with van der Waals surface area (Å²) in [5.41, 5.74) is 1.59. The second-order valence-electron chi connectivity index (χ2n) is 5.10. The molecule has 0 bridgehead atoms. The third-order valence-corrected chi connectivity index (χ3v) is 3.40. The minimum Gasteiger partial charge on any atom is -0.338 e. The summed E-state index contributed by atoms with van der Waals surface area (Å²) in [4.78, 5) is 8.56. The van der Waals surface area contributed by atoms with E-state index in [2.05, 4.69) is 20.6 Å². The molecule has 0 aliphatic carbocycles. The van der Waals surface area contributed by atoms with Crippen LogP contribution in [-0.2, 0) is 0 Å². The van der Waals surface area contributed by atoms with E-state index in [1.807, 2.05) is 0 Å². The molecule has 3 aromatic rings. The lowest BCUT2D eigenvalue weighted by Crippen LogP contribution is -2.03. The Morgan fingerprint density at radius 1 is 0.917 bits per heavy atom. The fourth-order valence-electron chi connectivity index (χ4n) is 2.08. The van der Waals surface area contributed by atoms with Gasteiger partial charge in [-0.3, -0.25) is 0 Å². The zero-order valence-corrected chi connectivity index (χ0v) is 13.4. The van der Waals surface area contributed by atoms with Gasteiger partial charge in [0.2, 0.25) is 5.95 Å². The van der Waals surface area contributed by atoms with Crippen LogP contribution in [0.4, 0.5) is 31.9 Å². The molecular weight excluding hydrogens is 334 g/mol. The molecule has 0 aliphatic rings. The predicted octanol–water partition coefficient (Wildman–Crippen LogP) is 5.20. The highest BCUT2D eigenvalue weighted by molar-refractivity contribution is 6.30.